The van der Waals surface area contributed by atoms with E-state index in [4.69, 9.17) is 9.73 Å². The van der Waals surface area contributed by atoms with Crippen molar-refractivity contribution in [3.05, 3.63) is 90.7 Å². The molecule has 9 heteroatoms. The minimum absolute atomic E-state index is 0.114. The molecule has 1 aromatic heterocycles. The maximum absolute atomic E-state index is 12.8. The Morgan fingerprint density at radius 3 is 2.71 bits per heavy atom. The SMILES string of the molecule is CCOc1ccccc1-n1c(O)c(/C=C2\N=c3c(C)cccc3=C2CCNC(C)=O)c(=O)[nH]c1=O. The molecule has 0 saturated carbocycles. The molecule has 3 N–H and O–H groups in total. The van der Waals surface area contributed by atoms with Gasteiger partial charge in [0.15, 0.2) is 0 Å². The summed E-state index contributed by atoms with van der Waals surface area (Å²) in [4.78, 5) is 43.9. The standard InChI is InChI=1S/C26H26N4O5/c1-4-35-22-11-6-5-10-21(22)30-25(33)19(24(32)29-26(30)34)14-20-17(12-13-27-16(3)31)18-9-7-8-15(2)23(18)28-20/h5-11,14,33H,4,12-13H2,1-3H3,(H,27,31)(H,29,32,34)/b20-14-. The predicted molar refractivity (Wildman–Crippen MR) is 132 cm³/mol. The number of benzene rings is 2. The van der Waals surface area contributed by atoms with E-state index in [0.717, 1.165) is 26.3 Å². The van der Waals surface area contributed by atoms with Gasteiger partial charge in [-0.1, -0.05) is 30.3 Å². The van der Waals surface area contributed by atoms with E-state index in [1.165, 1.54) is 13.0 Å². The van der Waals surface area contributed by atoms with Gasteiger partial charge in [0.1, 0.15) is 11.3 Å². The summed E-state index contributed by atoms with van der Waals surface area (Å²) < 4.78 is 6.61. The van der Waals surface area contributed by atoms with Crippen LogP contribution < -0.4 is 31.9 Å². The molecule has 2 heterocycles. The number of ether oxygens (including phenoxy) is 1. The Bertz CT molecular complexity index is 1580. The monoisotopic (exact) mass is 474 g/mol. The van der Waals surface area contributed by atoms with E-state index < -0.39 is 17.1 Å². The van der Waals surface area contributed by atoms with E-state index in [0.29, 0.717) is 36.7 Å². The number of aryl methyl sites for hydroxylation is 1. The Labute approximate surface area is 200 Å². The highest BCUT2D eigenvalue weighted by Gasteiger charge is 2.20. The van der Waals surface area contributed by atoms with Crippen LogP contribution in [0.1, 0.15) is 31.4 Å². The molecule has 0 spiro atoms. The fraction of sp³-hybridized carbons (Fsp3) is 0.231. The van der Waals surface area contributed by atoms with E-state index in [1.807, 2.05) is 32.0 Å². The molecule has 0 fully saturated rings. The first-order chi connectivity index (χ1) is 16.8. The van der Waals surface area contributed by atoms with Gasteiger partial charge in [0.2, 0.25) is 11.8 Å². The lowest BCUT2D eigenvalue weighted by Crippen LogP contribution is -2.30. The van der Waals surface area contributed by atoms with E-state index in [9.17, 15) is 19.5 Å². The zero-order valence-corrected chi connectivity index (χ0v) is 19.7. The third kappa shape index (κ3) is 4.65. The van der Waals surface area contributed by atoms with E-state index in [1.54, 1.807) is 24.3 Å². The Morgan fingerprint density at radius 2 is 1.97 bits per heavy atom. The molecule has 0 saturated heterocycles. The summed E-state index contributed by atoms with van der Waals surface area (Å²) in [5.41, 5.74) is 0.903. The number of nitrogens with zero attached hydrogens (tertiary/aromatic N) is 2. The highest BCUT2D eigenvalue weighted by molar-refractivity contribution is 5.77. The fourth-order valence-electron chi connectivity index (χ4n) is 4.07. The highest BCUT2D eigenvalue weighted by Crippen LogP contribution is 2.28. The van der Waals surface area contributed by atoms with E-state index >= 15 is 0 Å². The lowest BCUT2D eigenvalue weighted by atomic mass is 10.0. The molecule has 0 aliphatic carbocycles. The van der Waals surface area contributed by atoms with Crippen LogP contribution in [0, 0.1) is 6.92 Å². The molecule has 35 heavy (non-hydrogen) atoms. The third-order valence-corrected chi connectivity index (χ3v) is 5.66. The molecule has 1 aliphatic rings. The summed E-state index contributed by atoms with van der Waals surface area (Å²) in [6.45, 7) is 5.93. The zero-order chi connectivity index (χ0) is 25.1. The van der Waals surface area contributed by atoms with Crippen LogP contribution in [0.15, 0.2) is 62.7 Å². The predicted octanol–water partition coefficient (Wildman–Crippen LogP) is 1.29. The zero-order valence-electron chi connectivity index (χ0n) is 19.7. The first kappa shape index (κ1) is 23.7. The van der Waals surface area contributed by atoms with Gasteiger partial charge >= 0.3 is 5.69 Å². The van der Waals surface area contributed by atoms with Gasteiger partial charge in [0.25, 0.3) is 5.56 Å². The molecule has 4 rings (SSSR count). The molecular formula is C26H26N4O5. The van der Waals surface area contributed by atoms with Crippen molar-refractivity contribution in [1.82, 2.24) is 14.9 Å². The molecule has 1 amide bonds. The molecule has 1 aliphatic heterocycles. The normalized spacial score (nSPS) is 13.5. The molecule has 9 nitrogen and oxygen atoms in total. The summed E-state index contributed by atoms with van der Waals surface area (Å²) in [7, 11) is 0. The number of rotatable bonds is 7. The molecule has 3 aromatic rings. The average molecular weight is 475 g/mol. The van der Waals surface area contributed by atoms with Crippen LogP contribution in [0.4, 0.5) is 0 Å². The first-order valence-electron chi connectivity index (χ1n) is 11.3. The van der Waals surface area contributed by atoms with Crippen LogP contribution in [-0.4, -0.2) is 33.7 Å². The Morgan fingerprint density at radius 1 is 1.20 bits per heavy atom. The average Bonchev–Trinajstić information content (AvgIpc) is 3.16. The highest BCUT2D eigenvalue weighted by atomic mass is 16.5. The summed E-state index contributed by atoms with van der Waals surface area (Å²) in [5, 5.41) is 15.5. The molecule has 2 aromatic carbocycles. The van der Waals surface area contributed by atoms with Gasteiger partial charge in [-0.2, -0.15) is 0 Å². The van der Waals surface area contributed by atoms with Crippen LogP contribution in [-0.2, 0) is 4.79 Å². The maximum Gasteiger partial charge on any atom is 0.335 e. The second-order valence-electron chi connectivity index (χ2n) is 8.06. The fourth-order valence-corrected chi connectivity index (χ4v) is 4.07. The van der Waals surface area contributed by atoms with Gasteiger partial charge in [0, 0.05) is 18.7 Å². The summed E-state index contributed by atoms with van der Waals surface area (Å²) in [5.74, 6) is -0.290. The van der Waals surface area contributed by atoms with Crippen molar-refractivity contribution in [2.45, 2.75) is 27.2 Å². The van der Waals surface area contributed by atoms with Gasteiger partial charge in [-0.05, 0) is 49.6 Å². The third-order valence-electron chi connectivity index (χ3n) is 5.66. The lowest BCUT2D eigenvalue weighted by molar-refractivity contribution is -0.118. The smallest absolute Gasteiger partial charge is 0.335 e. The summed E-state index contributed by atoms with van der Waals surface area (Å²) >= 11 is 0. The first-order valence-corrected chi connectivity index (χ1v) is 11.3. The summed E-state index contributed by atoms with van der Waals surface area (Å²) in [6, 6.07) is 12.5. The van der Waals surface area contributed by atoms with E-state index in [-0.39, 0.29) is 11.5 Å². The largest absolute Gasteiger partial charge is 0.494 e. The van der Waals surface area contributed by atoms with Crippen LogP contribution in [0.25, 0.3) is 17.3 Å². The van der Waals surface area contributed by atoms with Crippen molar-refractivity contribution in [3.63, 3.8) is 0 Å². The summed E-state index contributed by atoms with van der Waals surface area (Å²) in [6.07, 6.45) is 1.94. The molecular weight excluding hydrogens is 448 g/mol. The molecule has 0 unspecified atom stereocenters. The quantitative estimate of drug-likeness (QED) is 0.476. The Hall–Kier alpha value is -4.40. The number of carbonyl (C=O) groups excluding carboxylic acids is 1. The molecule has 0 radical (unpaired) electrons. The van der Waals surface area contributed by atoms with E-state index in [2.05, 4.69) is 10.3 Å². The number of hydrogen-bond acceptors (Lipinski definition) is 6. The van der Waals surface area contributed by atoms with Gasteiger partial charge < -0.3 is 15.2 Å². The Balaban J connectivity index is 1.90. The number of amides is 1. The van der Waals surface area contributed by atoms with Crippen molar-refractivity contribution in [3.8, 4) is 17.3 Å². The van der Waals surface area contributed by atoms with Crippen molar-refractivity contribution in [1.29, 1.82) is 0 Å². The molecule has 0 bridgehead atoms. The number of aromatic hydroxyl groups is 1. The van der Waals surface area contributed by atoms with Gasteiger partial charge in [-0.3, -0.25) is 14.6 Å². The Kier molecular flexibility index (Phi) is 6.68. The number of aromatic amines is 1. The van der Waals surface area contributed by atoms with Crippen LogP contribution in [0.2, 0.25) is 0 Å². The number of fused-ring (bicyclic) bond motifs is 1. The second-order valence-corrected chi connectivity index (χ2v) is 8.06. The number of allylic oxidation sites excluding steroid dienone is 1. The molecule has 0 atom stereocenters. The van der Waals surface area contributed by atoms with Crippen molar-refractivity contribution < 1.29 is 14.6 Å². The minimum atomic E-state index is -0.792. The maximum atomic E-state index is 12.8. The number of hydrogen-bond donors (Lipinski definition) is 3. The molecule has 180 valence electrons. The van der Waals surface area contributed by atoms with Crippen molar-refractivity contribution in [2.24, 2.45) is 4.99 Å². The number of carbonyl (C=O) groups is 1. The van der Waals surface area contributed by atoms with Crippen molar-refractivity contribution in [2.75, 3.05) is 13.2 Å². The number of H-pyrrole nitrogens is 1. The van der Waals surface area contributed by atoms with Crippen LogP contribution in [0.3, 0.4) is 0 Å². The lowest BCUT2D eigenvalue weighted by Gasteiger charge is -2.14. The minimum Gasteiger partial charge on any atom is -0.494 e. The van der Waals surface area contributed by atoms with Crippen molar-refractivity contribution >= 4 is 17.6 Å². The van der Waals surface area contributed by atoms with Gasteiger partial charge in [-0.15, -0.1) is 0 Å². The van der Waals surface area contributed by atoms with Crippen LogP contribution in [0.5, 0.6) is 11.6 Å². The second kappa shape index (κ2) is 9.84. The topological polar surface area (TPSA) is 126 Å². The van der Waals surface area contributed by atoms with Gasteiger partial charge in [0.05, 0.1) is 23.3 Å². The van der Waals surface area contributed by atoms with Crippen LogP contribution >= 0.6 is 0 Å². The number of nitrogens with one attached hydrogen (secondary N) is 2. The number of aromatic nitrogens is 2. The van der Waals surface area contributed by atoms with Gasteiger partial charge in [-0.25, -0.2) is 14.4 Å². The number of para-hydroxylation sites is 3.